The third-order valence-electron chi connectivity index (χ3n) is 3.23. The molecule has 2 rings (SSSR count). The first-order valence-corrected chi connectivity index (χ1v) is 6.25. The Hall–Kier alpha value is -2.11. The van der Waals surface area contributed by atoms with Crippen LogP contribution in [-0.2, 0) is 0 Å². The molecule has 0 spiro atoms. The molecule has 1 aromatic carbocycles. The number of nitro benzene ring substituents is 1. The van der Waals surface area contributed by atoms with Crippen LogP contribution in [0, 0.1) is 16.0 Å². The van der Waals surface area contributed by atoms with Crippen LogP contribution in [-0.4, -0.2) is 22.0 Å². The van der Waals surface area contributed by atoms with Crippen molar-refractivity contribution in [1.29, 1.82) is 0 Å². The summed E-state index contributed by atoms with van der Waals surface area (Å²) in [4.78, 5) is 21.2. The molecule has 1 saturated carbocycles. The van der Waals surface area contributed by atoms with Crippen molar-refractivity contribution in [3.63, 3.8) is 0 Å². The van der Waals surface area contributed by atoms with E-state index in [-0.39, 0.29) is 17.3 Å². The molecule has 0 aromatic heterocycles. The molecule has 0 amide bonds. The number of nitrogens with zero attached hydrogens (tertiary/aromatic N) is 1. The molecular weight excluding hydrogens is 248 g/mol. The van der Waals surface area contributed by atoms with Crippen LogP contribution >= 0.6 is 0 Å². The van der Waals surface area contributed by atoms with Gasteiger partial charge < -0.3 is 10.4 Å². The molecule has 2 N–H and O–H groups in total. The molecule has 0 saturated heterocycles. The molecule has 1 aliphatic carbocycles. The van der Waals surface area contributed by atoms with E-state index >= 15 is 0 Å². The molecule has 1 aromatic rings. The van der Waals surface area contributed by atoms with Crippen LogP contribution in [0.2, 0.25) is 0 Å². The highest BCUT2D eigenvalue weighted by atomic mass is 16.6. The number of nitrogens with one attached hydrogen (secondary N) is 1. The van der Waals surface area contributed by atoms with Crippen molar-refractivity contribution >= 4 is 17.3 Å². The van der Waals surface area contributed by atoms with Crippen LogP contribution in [0.1, 0.15) is 36.5 Å². The van der Waals surface area contributed by atoms with E-state index < -0.39 is 10.9 Å². The maximum absolute atomic E-state index is 11.0. The van der Waals surface area contributed by atoms with E-state index in [0.717, 1.165) is 18.4 Å². The number of carboxylic acids is 1. The molecule has 1 unspecified atom stereocenters. The van der Waals surface area contributed by atoms with E-state index in [1.54, 1.807) is 0 Å². The maximum atomic E-state index is 11.0. The summed E-state index contributed by atoms with van der Waals surface area (Å²) in [5, 5.41) is 22.9. The average molecular weight is 264 g/mol. The van der Waals surface area contributed by atoms with Gasteiger partial charge in [0.05, 0.1) is 10.5 Å². The van der Waals surface area contributed by atoms with Crippen LogP contribution in [0.25, 0.3) is 0 Å². The SMILES string of the molecule is CC(CC1CC1)Nc1ccc(C(=O)O)cc1[N+](=O)[O-]. The van der Waals surface area contributed by atoms with Gasteiger partial charge in [0.1, 0.15) is 5.69 Å². The summed E-state index contributed by atoms with van der Waals surface area (Å²) >= 11 is 0. The van der Waals surface area contributed by atoms with Crippen LogP contribution in [0.15, 0.2) is 18.2 Å². The minimum absolute atomic E-state index is 0.0768. The van der Waals surface area contributed by atoms with Gasteiger partial charge in [0.2, 0.25) is 0 Å². The van der Waals surface area contributed by atoms with Gasteiger partial charge in [-0.15, -0.1) is 0 Å². The number of benzene rings is 1. The second-order valence-corrected chi connectivity index (χ2v) is 5.02. The first-order valence-electron chi connectivity index (χ1n) is 6.25. The van der Waals surface area contributed by atoms with E-state index in [2.05, 4.69) is 5.32 Å². The predicted molar refractivity (Wildman–Crippen MR) is 70.5 cm³/mol. The number of aromatic carboxylic acids is 1. The van der Waals surface area contributed by atoms with Gasteiger partial charge >= 0.3 is 5.97 Å². The second-order valence-electron chi connectivity index (χ2n) is 5.02. The zero-order chi connectivity index (χ0) is 14.0. The Balaban J connectivity index is 2.17. The Morgan fingerprint density at radius 1 is 1.58 bits per heavy atom. The molecule has 0 aliphatic heterocycles. The fraction of sp³-hybridized carbons (Fsp3) is 0.462. The van der Waals surface area contributed by atoms with Crippen molar-refractivity contribution in [3.05, 3.63) is 33.9 Å². The fourth-order valence-corrected chi connectivity index (χ4v) is 2.12. The summed E-state index contributed by atoms with van der Waals surface area (Å²) in [5.41, 5.74) is 0.109. The Labute approximate surface area is 110 Å². The number of anilines is 1. The molecule has 0 radical (unpaired) electrons. The lowest BCUT2D eigenvalue weighted by molar-refractivity contribution is -0.384. The number of carbonyl (C=O) groups is 1. The molecule has 0 heterocycles. The summed E-state index contributed by atoms with van der Waals surface area (Å²) in [5.74, 6) is -0.444. The van der Waals surface area contributed by atoms with Gasteiger partial charge in [-0.25, -0.2) is 4.79 Å². The fourth-order valence-electron chi connectivity index (χ4n) is 2.12. The van der Waals surface area contributed by atoms with Crippen LogP contribution in [0.5, 0.6) is 0 Å². The summed E-state index contributed by atoms with van der Waals surface area (Å²) < 4.78 is 0. The first-order chi connectivity index (χ1) is 8.97. The zero-order valence-electron chi connectivity index (χ0n) is 10.6. The van der Waals surface area contributed by atoms with Gasteiger partial charge in [-0.1, -0.05) is 12.8 Å². The van der Waals surface area contributed by atoms with Crippen molar-refractivity contribution in [2.45, 2.75) is 32.2 Å². The Bertz CT molecular complexity index is 511. The van der Waals surface area contributed by atoms with Crippen LogP contribution in [0.4, 0.5) is 11.4 Å². The second kappa shape index (κ2) is 5.26. The van der Waals surface area contributed by atoms with Gasteiger partial charge in [-0.05, 0) is 31.4 Å². The highest BCUT2D eigenvalue weighted by molar-refractivity contribution is 5.89. The topological polar surface area (TPSA) is 92.5 Å². The first kappa shape index (κ1) is 13.3. The van der Waals surface area contributed by atoms with Crippen molar-refractivity contribution in [1.82, 2.24) is 0 Å². The third kappa shape index (κ3) is 3.43. The minimum atomic E-state index is -1.17. The molecular formula is C13H16N2O4. The lowest BCUT2D eigenvalue weighted by Crippen LogP contribution is -2.17. The molecule has 1 fully saturated rings. The van der Waals surface area contributed by atoms with E-state index in [1.165, 1.54) is 25.0 Å². The third-order valence-corrected chi connectivity index (χ3v) is 3.23. The van der Waals surface area contributed by atoms with Gasteiger partial charge in [0, 0.05) is 12.1 Å². The van der Waals surface area contributed by atoms with E-state index in [4.69, 9.17) is 5.11 Å². The number of hydrogen-bond donors (Lipinski definition) is 2. The lowest BCUT2D eigenvalue weighted by Gasteiger charge is -2.15. The molecule has 6 nitrogen and oxygen atoms in total. The molecule has 19 heavy (non-hydrogen) atoms. The van der Waals surface area contributed by atoms with Crippen molar-refractivity contribution < 1.29 is 14.8 Å². The van der Waals surface area contributed by atoms with Gasteiger partial charge in [0.25, 0.3) is 5.69 Å². The largest absolute Gasteiger partial charge is 0.478 e. The van der Waals surface area contributed by atoms with Crippen LogP contribution < -0.4 is 5.32 Å². The van der Waals surface area contributed by atoms with Gasteiger partial charge in [0.15, 0.2) is 0 Å². The number of nitro groups is 1. The summed E-state index contributed by atoms with van der Waals surface area (Å²) in [6, 6.07) is 4.07. The lowest BCUT2D eigenvalue weighted by atomic mass is 10.1. The van der Waals surface area contributed by atoms with Gasteiger partial charge in [-0.2, -0.15) is 0 Å². The minimum Gasteiger partial charge on any atom is -0.478 e. The van der Waals surface area contributed by atoms with Crippen molar-refractivity contribution in [2.75, 3.05) is 5.32 Å². The Morgan fingerprint density at radius 2 is 2.26 bits per heavy atom. The van der Waals surface area contributed by atoms with Crippen molar-refractivity contribution in [2.24, 2.45) is 5.92 Å². The van der Waals surface area contributed by atoms with Crippen LogP contribution in [0.3, 0.4) is 0 Å². The average Bonchev–Trinajstić information content (AvgIpc) is 3.12. The Kier molecular flexibility index (Phi) is 3.69. The summed E-state index contributed by atoms with van der Waals surface area (Å²) in [7, 11) is 0. The highest BCUT2D eigenvalue weighted by Crippen LogP contribution is 2.35. The standard InChI is InChI=1S/C13H16N2O4/c1-8(6-9-2-3-9)14-11-5-4-10(13(16)17)7-12(11)15(18)19/h4-5,7-9,14H,2-3,6H2,1H3,(H,16,17). The van der Waals surface area contributed by atoms with E-state index in [9.17, 15) is 14.9 Å². The number of hydrogen-bond acceptors (Lipinski definition) is 4. The molecule has 6 heteroatoms. The maximum Gasteiger partial charge on any atom is 0.335 e. The smallest absolute Gasteiger partial charge is 0.335 e. The van der Waals surface area contributed by atoms with Crippen molar-refractivity contribution in [3.8, 4) is 0 Å². The zero-order valence-corrected chi connectivity index (χ0v) is 10.6. The van der Waals surface area contributed by atoms with Gasteiger partial charge in [-0.3, -0.25) is 10.1 Å². The normalized spacial score (nSPS) is 15.8. The molecule has 102 valence electrons. The number of rotatable bonds is 6. The Morgan fingerprint density at radius 3 is 2.79 bits per heavy atom. The molecule has 0 bridgehead atoms. The summed E-state index contributed by atoms with van der Waals surface area (Å²) in [6.07, 6.45) is 3.44. The summed E-state index contributed by atoms with van der Waals surface area (Å²) in [6.45, 7) is 1.98. The molecule has 1 atom stereocenters. The van der Waals surface area contributed by atoms with E-state index in [0.29, 0.717) is 5.69 Å². The predicted octanol–water partition coefficient (Wildman–Crippen LogP) is 2.89. The highest BCUT2D eigenvalue weighted by Gasteiger charge is 2.25. The molecule has 1 aliphatic rings. The number of carboxylic acid groups (broad SMARTS) is 1. The van der Waals surface area contributed by atoms with E-state index in [1.807, 2.05) is 6.92 Å². The quantitative estimate of drug-likeness (QED) is 0.608. The monoisotopic (exact) mass is 264 g/mol.